The van der Waals surface area contributed by atoms with E-state index in [0.29, 0.717) is 17.6 Å². The van der Waals surface area contributed by atoms with Crippen molar-refractivity contribution in [3.05, 3.63) is 120 Å². The van der Waals surface area contributed by atoms with Gasteiger partial charge in [0.05, 0.1) is 0 Å². The van der Waals surface area contributed by atoms with Crippen LogP contribution in [0.5, 0.6) is 5.75 Å². The maximum Gasteiger partial charge on any atom is 0.251 e. The molecule has 5 rings (SSSR count). The lowest BCUT2D eigenvalue weighted by atomic mass is 10.0. The van der Waals surface area contributed by atoms with Crippen molar-refractivity contribution in [3.8, 4) is 28.0 Å². The molecule has 1 aromatic heterocycles. The summed E-state index contributed by atoms with van der Waals surface area (Å²) in [6.07, 6.45) is 1.65. The fourth-order valence-electron chi connectivity index (χ4n) is 3.91. The summed E-state index contributed by atoms with van der Waals surface area (Å²) in [5, 5.41) is 14.2. The maximum atomic E-state index is 12.8. The second kappa shape index (κ2) is 8.97. The Morgan fingerprint density at radius 1 is 0.727 bits per heavy atom. The van der Waals surface area contributed by atoms with E-state index in [0.717, 1.165) is 27.6 Å². The van der Waals surface area contributed by atoms with Gasteiger partial charge in [-0.25, -0.2) is 0 Å². The van der Waals surface area contributed by atoms with E-state index >= 15 is 0 Å². The molecule has 4 nitrogen and oxygen atoms in total. The van der Waals surface area contributed by atoms with Crippen LogP contribution >= 0.6 is 0 Å². The summed E-state index contributed by atoms with van der Waals surface area (Å²) >= 11 is 0. The fourth-order valence-corrected chi connectivity index (χ4v) is 3.91. The number of hydrogen-bond acceptors (Lipinski definition) is 3. The van der Waals surface area contributed by atoms with E-state index in [1.54, 1.807) is 18.3 Å². The zero-order chi connectivity index (χ0) is 22.6. The number of fused-ring (bicyclic) bond motifs is 1. The van der Waals surface area contributed by atoms with Crippen molar-refractivity contribution in [2.75, 3.05) is 0 Å². The molecule has 0 bridgehead atoms. The van der Waals surface area contributed by atoms with Gasteiger partial charge >= 0.3 is 0 Å². The molecule has 0 unspecified atom stereocenters. The Morgan fingerprint density at radius 3 is 2.30 bits per heavy atom. The number of nitrogens with zero attached hydrogens (tertiary/aromatic N) is 1. The molecular weight excluding hydrogens is 408 g/mol. The van der Waals surface area contributed by atoms with E-state index < -0.39 is 0 Å². The minimum absolute atomic E-state index is 0.122. The zero-order valence-electron chi connectivity index (χ0n) is 17.9. The highest BCUT2D eigenvalue weighted by molar-refractivity contribution is 5.96. The Bertz CT molecular complexity index is 1430. The van der Waals surface area contributed by atoms with Gasteiger partial charge < -0.3 is 10.4 Å². The Hall–Kier alpha value is -4.44. The summed E-state index contributed by atoms with van der Waals surface area (Å²) in [5.74, 6) is -0.0208. The molecule has 0 aliphatic heterocycles. The standard InChI is InChI=1S/C29H22N2O2/c32-27-18-26(17-24-10-5-15-30-28(24)27)23-8-4-9-25(16-23)29(33)31-19-20-11-13-22(14-12-20)21-6-2-1-3-7-21/h1-18,32H,19H2,(H,31,33). The van der Waals surface area contributed by atoms with Gasteiger partial charge in [-0.2, -0.15) is 0 Å². The predicted molar refractivity (Wildman–Crippen MR) is 132 cm³/mol. The number of pyridine rings is 1. The number of aromatic nitrogens is 1. The molecule has 0 radical (unpaired) electrons. The highest BCUT2D eigenvalue weighted by atomic mass is 16.3. The SMILES string of the molecule is O=C(NCc1ccc(-c2ccccc2)cc1)c1cccc(-c2cc(O)c3ncccc3c2)c1. The topological polar surface area (TPSA) is 62.2 Å². The Labute approximate surface area is 192 Å². The zero-order valence-corrected chi connectivity index (χ0v) is 17.9. The smallest absolute Gasteiger partial charge is 0.251 e. The molecule has 0 atom stereocenters. The van der Waals surface area contributed by atoms with Crippen molar-refractivity contribution in [1.29, 1.82) is 0 Å². The second-order valence-corrected chi connectivity index (χ2v) is 7.90. The van der Waals surface area contributed by atoms with Crippen molar-refractivity contribution in [3.63, 3.8) is 0 Å². The van der Waals surface area contributed by atoms with Crippen LogP contribution < -0.4 is 5.32 Å². The molecule has 0 saturated carbocycles. The first-order valence-corrected chi connectivity index (χ1v) is 10.8. The van der Waals surface area contributed by atoms with Gasteiger partial charge in [0.1, 0.15) is 11.3 Å². The first-order chi connectivity index (χ1) is 16.2. The van der Waals surface area contributed by atoms with Crippen LogP contribution in [0.4, 0.5) is 0 Å². The molecule has 0 fully saturated rings. The van der Waals surface area contributed by atoms with Crippen LogP contribution in [0.1, 0.15) is 15.9 Å². The monoisotopic (exact) mass is 430 g/mol. The molecule has 1 heterocycles. The number of benzene rings is 4. The summed E-state index contributed by atoms with van der Waals surface area (Å²) in [6, 6.07) is 33.2. The molecule has 0 aliphatic carbocycles. The molecule has 5 aromatic rings. The van der Waals surface area contributed by atoms with Gasteiger partial charge in [0.15, 0.2) is 0 Å². The van der Waals surface area contributed by atoms with Crippen molar-refractivity contribution in [1.82, 2.24) is 10.3 Å². The molecule has 0 spiro atoms. The number of hydrogen-bond donors (Lipinski definition) is 2. The lowest BCUT2D eigenvalue weighted by Crippen LogP contribution is -2.22. The van der Waals surface area contributed by atoms with E-state index in [9.17, 15) is 9.90 Å². The summed E-state index contributed by atoms with van der Waals surface area (Å²) in [6.45, 7) is 0.445. The third kappa shape index (κ3) is 4.46. The van der Waals surface area contributed by atoms with Crippen LogP contribution in [0.2, 0.25) is 0 Å². The lowest BCUT2D eigenvalue weighted by molar-refractivity contribution is 0.0951. The first kappa shape index (κ1) is 20.5. The average Bonchev–Trinajstić information content (AvgIpc) is 2.88. The van der Waals surface area contributed by atoms with Crippen molar-refractivity contribution in [2.45, 2.75) is 6.54 Å². The molecule has 160 valence electrons. The average molecular weight is 431 g/mol. The van der Waals surface area contributed by atoms with Gasteiger partial charge in [0, 0.05) is 23.7 Å². The number of phenolic OH excluding ortho intramolecular Hbond substituents is 1. The van der Waals surface area contributed by atoms with Crippen LogP contribution in [0.15, 0.2) is 109 Å². The Morgan fingerprint density at radius 2 is 1.48 bits per heavy atom. The highest BCUT2D eigenvalue weighted by Crippen LogP contribution is 2.30. The van der Waals surface area contributed by atoms with E-state index in [-0.39, 0.29) is 11.7 Å². The number of rotatable bonds is 5. The first-order valence-electron chi connectivity index (χ1n) is 10.8. The molecule has 4 heteroatoms. The van der Waals surface area contributed by atoms with Gasteiger partial charge in [-0.1, -0.05) is 72.8 Å². The number of carbonyl (C=O) groups excluding carboxylic acids is 1. The van der Waals surface area contributed by atoms with E-state index in [1.807, 2.05) is 66.7 Å². The van der Waals surface area contributed by atoms with Crippen LogP contribution in [0.25, 0.3) is 33.2 Å². The van der Waals surface area contributed by atoms with Gasteiger partial charge in [-0.05, 0) is 58.1 Å². The third-order valence-corrected chi connectivity index (χ3v) is 5.66. The largest absolute Gasteiger partial charge is 0.506 e. The minimum atomic E-state index is -0.143. The predicted octanol–water partition coefficient (Wildman–Crippen LogP) is 6.20. The van der Waals surface area contributed by atoms with Crippen molar-refractivity contribution in [2.24, 2.45) is 0 Å². The third-order valence-electron chi connectivity index (χ3n) is 5.66. The van der Waals surface area contributed by atoms with E-state index in [4.69, 9.17) is 0 Å². The second-order valence-electron chi connectivity index (χ2n) is 7.90. The number of nitrogens with one attached hydrogen (secondary N) is 1. The van der Waals surface area contributed by atoms with Crippen molar-refractivity contribution < 1.29 is 9.90 Å². The van der Waals surface area contributed by atoms with Gasteiger partial charge in [-0.3, -0.25) is 9.78 Å². The van der Waals surface area contributed by atoms with Crippen LogP contribution in [0.3, 0.4) is 0 Å². The molecular formula is C29H22N2O2. The van der Waals surface area contributed by atoms with Crippen LogP contribution in [-0.4, -0.2) is 16.0 Å². The number of amides is 1. The maximum absolute atomic E-state index is 12.8. The molecule has 0 aliphatic rings. The molecule has 2 N–H and O–H groups in total. The Kier molecular flexibility index (Phi) is 5.56. The molecule has 33 heavy (non-hydrogen) atoms. The lowest BCUT2D eigenvalue weighted by Gasteiger charge is -2.09. The molecule has 4 aromatic carbocycles. The van der Waals surface area contributed by atoms with Crippen molar-refractivity contribution >= 4 is 16.8 Å². The molecule has 0 saturated heterocycles. The van der Waals surface area contributed by atoms with Crippen LogP contribution in [-0.2, 0) is 6.54 Å². The quantitative estimate of drug-likeness (QED) is 0.349. The summed E-state index contributed by atoms with van der Waals surface area (Å²) in [4.78, 5) is 17.0. The normalized spacial score (nSPS) is 10.8. The molecule has 1 amide bonds. The summed E-state index contributed by atoms with van der Waals surface area (Å²) in [7, 11) is 0. The summed E-state index contributed by atoms with van der Waals surface area (Å²) in [5.41, 5.74) is 6.17. The number of phenols is 1. The minimum Gasteiger partial charge on any atom is -0.506 e. The summed E-state index contributed by atoms with van der Waals surface area (Å²) < 4.78 is 0. The van der Waals surface area contributed by atoms with Gasteiger partial charge in [0.25, 0.3) is 5.91 Å². The fraction of sp³-hybridized carbons (Fsp3) is 0.0345. The number of carbonyl (C=O) groups is 1. The van der Waals surface area contributed by atoms with E-state index in [2.05, 4.69) is 34.6 Å². The number of aromatic hydroxyl groups is 1. The Balaban J connectivity index is 1.31. The van der Waals surface area contributed by atoms with Crippen LogP contribution in [0, 0.1) is 0 Å². The highest BCUT2D eigenvalue weighted by Gasteiger charge is 2.10. The van der Waals surface area contributed by atoms with Gasteiger partial charge in [-0.15, -0.1) is 0 Å². The van der Waals surface area contributed by atoms with E-state index in [1.165, 1.54) is 5.56 Å². The van der Waals surface area contributed by atoms with Gasteiger partial charge in [0.2, 0.25) is 0 Å².